The zero-order valence-corrected chi connectivity index (χ0v) is 11.1. The number of rotatable bonds is 7. The SMILES string of the molecule is CCCCC(C)SCC(C)C(C)S. The summed E-state index contributed by atoms with van der Waals surface area (Å²) in [6.45, 7) is 9.08. The molecule has 0 aliphatic heterocycles. The molecule has 0 rings (SSSR count). The molecule has 3 unspecified atom stereocenters. The predicted octanol–water partition coefficient (Wildman–Crippen LogP) is 4.25. The van der Waals surface area contributed by atoms with Crippen LogP contribution in [0.5, 0.6) is 0 Å². The van der Waals surface area contributed by atoms with Crippen molar-refractivity contribution in [2.75, 3.05) is 5.75 Å². The van der Waals surface area contributed by atoms with Crippen LogP contribution in [-0.2, 0) is 0 Å². The lowest BCUT2D eigenvalue weighted by atomic mass is 10.1. The lowest BCUT2D eigenvalue weighted by Crippen LogP contribution is -2.12. The second-order valence-corrected chi connectivity index (χ2v) is 6.29. The Balaban J connectivity index is 3.40. The number of hydrogen-bond donors (Lipinski definition) is 1. The first-order chi connectivity index (χ1) is 6.07. The molecule has 2 heteroatoms. The average molecular weight is 220 g/mol. The molecule has 80 valence electrons. The summed E-state index contributed by atoms with van der Waals surface area (Å²) < 4.78 is 0. The molecule has 0 aromatic heterocycles. The smallest absolute Gasteiger partial charge is 0.00219 e. The molecule has 0 aliphatic carbocycles. The van der Waals surface area contributed by atoms with Crippen LogP contribution < -0.4 is 0 Å². The molecule has 0 N–H and O–H groups in total. The van der Waals surface area contributed by atoms with Crippen LogP contribution in [0.15, 0.2) is 0 Å². The number of unbranched alkanes of at least 4 members (excludes halogenated alkanes) is 1. The molecule has 3 atom stereocenters. The van der Waals surface area contributed by atoms with Crippen LogP contribution in [0.3, 0.4) is 0 Å². The maximum absolute atomic E-state index is 4.45. The third kappa shape index (κ3) is 7.75. The highest BCUT2D eigenvalue weighted by atomic mass is 32.2. The normalized spacial score (nSPS) is 18.2. The summed E-state index contributed by atoms with van der Waals surface area (Å²) in [5, 5.41) is 1.36. The molecule has 0 fully saturated rings. The van der Waals surface area contributed by atoms with Crippen LogP contribution in [0.4, 0.5) is 0 Å². The minimum absolute atomic E-state index is 0.533. The molecule has 0 radical (unpaired) electrons. The van der Waals surface area contributed by atoms with Gasteiger partial charge in [-0.15, -0.1) is 0 Å². The van der Waals surface area contributed by atoms with Gasteiger partial charge in [-0.3, -0.25) is 0 Å². The van der Waals surface area contributed by atoms with Gasteiger partial charge in [0.05, 0.1) is 0 Å². The Morgan fingerprint density at radius 2 is 1.85 bits per heavy atom. The summed E-state index contributed by atoms with van der Waals surface area (Å²) in [5.41, 5.74) is 0. The van der Waals surface area contributed by atoms with E-state index in [-0.39, 0.29) is 0 Å². The first-order valence-electron chi connectivity index (χ1n) is 5.37. The maximum Gasteiger partial charge on any atom is 0.00219 e. The fraction of sp³-hybridized carbons (Fsp3) is 1.00. The van der Waals surface area contributed by atoms with Crippen molar-refractivity contribution in [1.82, 2.24) is 0 Å². The third-order valence-corrected chi connectivity index (χ3v) is 4.46. The molecule has 0 saturated carbocycles. The number of thioether (sulfide) groups is 1. The molecule has 0 aromatic rings. The van der Waals surface area contributed by atoms with E-state index in [1.165, 1.54) is 25.0 Å². The molecule has 0 bridgehead atoms. The molecule has 0 aromatic carbocycles. The topological polar surface area (TPSA) is 0 Å². The van der Waals surface area contributed by atoms with E-state index in [4.69, 9.17) is 0 Å². The maximum atomic E-state index is 4.45. The van der Waals surface area contributed by atoms with Gasteiger partial charge in [-0.1, -0.05) is 40.5 Å². The standard InChI is InChI=1S/C11H24S2/c1-5-6-7-10(3)13-8-9(2)11(4)12/h9-12H,5-8H2,1-4H3. The third-order valence-electron chi connectivity index (χ3n) is 2.43. The highest BCUT2D eigenvalue weighted by Gasteiger charge is 2.10. The van der Waals surface area contributed by atoms with Crippen LogP contribution in [-0.4, -0.2) is 16.3 Å². The molecular weight excluding hydrogens is 196 g/mol. The van der Waals surface area contributed by atoms with E-state index in [0.717, 1.165) is 11.2 Å². The fourth-order valence-electron chi connectivity index (χ4n) is 1.03. The molecule has 13 heavy (non-hydrogen) atoms. The van der Waals surface area contributed by atoms with Crippen molar-refractivity contribution in [2.24, 2.45) is 5.92 Å². The van der Waals surface area contributed by atoms with Crippen molar-refractivity contribution in [2.45, 2.75) is 57.5 Å². The minimum atomic E-state index is 0.533. The predicted molar refractivity (Wildman–Crippen MR) is 69.1 cm³/mol. The van der Waals surface area contributed by atoms with Crippen molar-refractivity contribution >= 4 is 24.4 Å². The molecular formula is C11H24S2. The Labute approximate surface area is 93.7 Å². The molecule has 0 amide bonds. The number of hydrogen-bond acceptors (Lipinski definition) is 2. The van der Waals surface area contributed by atoms with Gasteiger partial charge in [-0.2, -0.15) is 24.4 Å². The highest BCUT2D eigenvalue weighted by molar-refractivity contribution is 7.99. The van der Waals surface area contributed by atoms with Crippen molar-refractivity contribution in [3.05, 3.63) is 0 Å². The average Bonchev–Trinajstić information content (AvgIpc) is 2.10. The monoisotopic (exact) mass is 220 g/mol. The molecule has 0 aliphatic rings. The van der Waals surface area contributed by atoms with Gasteiger partial charge in [0.25, 0.3) is 0 Å². The van der Waals surface area contributed by atoms with Gasteiger partial charge in [0.2, 0.25) is 0 Å². The lowest BCUT2D eigenvalue weighted by Gasteiger charge is -2.17. The summed E-state index contributed by atoms with van der Waals surface area (Å²) in [6, 6.07) is 0. The first-order valence-corrected chi connectivity index (χ1v) is 6.94. The summed E-state index contributed by atoms with van der Waals surface area (Å²) in [7, 11) is 0. The zero-order chi connectivity index (χ0) is 10.3. The molecule has 0 spiro atoms. The van der Waals surface area contributed by atoms with E-state index in [9.17, 15) is 0 Å². The van der Waals surface area contributed by atoms with Crippen LogP contribution in [0, 0.1) is 5.92 Å². The van der Waals surface area contributed by atoms with Gasteiger partial charge in [-0.25, -0.2) is 0 Å². The van der Waals surface area contributed by atoms with Crippen LogP contribution in [0.2, 0.25) is 0 Å². The fourth-order valence-corrected chi connectivity index (χ4v) is 2.53. The van der Waals surface area contributed by atoms with Gasteiger partial charge in [0.1, 0.15) is 0 Å². The largest absolute Gasteiger partial charge is 0.176 e. The van der Waals surface area contributed by atoms with Crippen LogP contribution >= 0.6 is 24.4 Å². The van der Waals surface area contributed by atoms with Gasteiger partial charge < -0.3 is 0 Å². The van der Waals surface area contributed by atoms with Gasteiger partial charge in [0, 0.05) is 10.5 Å². The highest BCUT2D eigenvalue weighted by Crippen LogP contribution is 2.22. The minimum Gasteiger partial charge on any atom is -0.176 e. The van der Waals surface area contributed by atoms with Crippen LogP contribution in [0.1, 0.15) is 47.0 Å². The van der Waals surface area contributed by atoms with Gasteiger partial charge >= 0.3 is 0 Å². The van der Waals surface area contributed by atoms with E-state index in [1.807, 2.05) is 0 Å². The Morgan fingerprint density at radius 1 is 1.23 bits per heavy atom. The van der Waals surface area contributed by atoms with Crippen molar-refractivity contribution in [3.8, 4) is 0 Å². The zero-order valence-electron chi connectivity index (χ0n) is 9.42. The number of thiol groups is 1. The van der Waals surface area contributed by atoms with Gasteiger partial charge in [0.15, 0.2) is 0 Å². The first kappa shape index (κ1) is 13.7. The Kier molecular flexibility index (Phi) is 8.48. The van der Waals surface area contributed by atoms with Crippen molar-refractivity contribution in [1.29, 1.82) is 0 Å². The van der Waals surface area contributed by atoms with E-state index < -0.39 is 0 Å². The molecule has 0 saturated heterocycles. The lowest BCUT2D eigenvalue weighted by molar-refractivity contribution is 0.651. The Bertz CT molecular complexity index is 113. The van der Waals surface area contributed by atoms with Crippen molar-refractivity contribution < 1.29 is 0 Å². The second-order valence-electron chi connectivity index (χ2n) is 4.00. The summed E-state index contributed by atoms with van der Waals surface area (Å²) in [4.78, 5) is 0. The van der Waals surface area contributed by atoms with E-state index in [1.54, 1.807) is 0 Å². The Hall–Kier alpha value is 0.700. The second kappa shape index (κ2) is 8.05. The van der Waals surface area contributed by atoms with E-state index in [0.29, 0.717) is 5.25 Å². The van der Waals surface area contributed by atoms with E-state index >= 15 is 0 Å². The summed E-state index contributed by atoms with van der Waals surface area (Å²) in [5.74, 6) is 1.99. The van der Waals surface area contributed by atoms with Crippen LogP contribution in [0.25, 0.3) is 0 Å². The van der Waals surface area contributed by atoms with Gasteiger partial charge in [-0.05, 0) is 18.1 Å². The molecule has 0 nitrogen and oxygen atoms in total. The van der Waals surface area contributed by atoms with Crippen molar-refractivity contribution in [3.63, 3.8) is 0 Å². The summed E-state index contributed by atoms with van der Waals surface area (Å²) >= 11 is 6.56. The molecule has 0 heterocycles. The van der Waals surface area contributed by atoms with E-state index in [2.05, 4.69) is 52.1 Å². The quantitative estimate of drug-likeness (QED) is 0.626. The Morgan fingerprint density at radius 3 is 2.31 bits per heavy atom. The summed E-state index contributed by atoms with van der Waals surface area (Å²) in [6.07, 6.45) is 4.07.